The highest BCUT2D eigenvalue weighted by Crippen LogP contribution is 2.27. The van der Waals surface area contributed by atoms with E-state index in [-0.39, 0.29) is 0 Å². The number of hydrogen-bond donors (Lipinski definition) is 1. The molecule has 2 rings (SSSR count). The van der Waals surface area contributed by atoms with Crippen molar-refractivity contribution in [2.24, 2.45) is 0 Å². The Bertz CT molecular complexity index is 392. The first-order valence-electron chi connectivity index (χ1n) is 6.52. The topological polar surface area (TPSA) is 33.1 Å². The zero-order valence-electron chi connectivity index (χ0n) is 11.6. The summed E-state index contributed by atoms with van der Waals surface area (Å²) >= 11 is 0. The maximum Gasteiger partial charge on any atom is 0.0644 e. The molecule has 0 radical (unpaired) electrons. The first-order valence-corrected chi connectivity index (χ1v) is 6.52. The van der Waals surface area contributed by atoms with Crippen molar-refractivity contribution in [3.63, 3.8) is 0 Å². The lowest BCUT2D eigenvalue weighted by molar-refractivity contribution is 0.135. The smallest absolute Gasteiger partial charge is 0.0644 e. The molecule has 2 heterocycles. The lowest BCUT2D eigenvalue weighted by Gasteiger charge is -2.39. The summed E-state index contributed by atoms with van der Waals surface area (Å²) in [6, 6.07) is 1.12. The van der Waals surface area contributed by atoms with Crippen LogP contribution in [0.5, 0.6) is 0 Å². The van der Waals surface area contributed by atoms with Crippen LogP contribution < -0.4 is 5.32 Å². The highest BCUT2D eigenvalue weighted by atomic mass is 15.3. The summed E-state index contributed by atoms with van der Waals surface area (Å²) in [6.45, 7) is 11.9. The van der Waals surface area contributed by atoms with E-state index in [0.29, 0.717) is 12.1 Å². The van der Waals surface area contributed by atoms with Crippen LogP contribution in [0.4, 0.5) is 0 Å². The van der Waals surface area contributed by atoms with Crippen molar-refractivity contribution in [3.8, 4) is 0 Å². The Kier molecular flexibility index (Phi) is 3.54. The third kappa shape index (κ3) is 2.11. The number of nitrogens with one attached hydrogen (secondary N) is 1. The van der Waals surface area contributed by atoms with Crippen LogP contribution in [-0.2, 0) is 6.54 Å². The Morgan fingerprint density at radius 3 is 2.53 bits per heavy atom. The van der Waals surface area contributed by atoms with E-state index in [1.165, 1.54) is 17.0 Å². The van der Waals surface area contributed by atoms with E-state index in [9.17, 15) is 0 Å². The van der Waals surface area contributed by atoms with E-state index in [1.54, 1.807) is 0 Å². The fourth-order valence-electron chi connectivity index (χ4n) is 2.70. The first kappa shape index (κ1) is 12.6. The van der Waals surface area contributed by atoms with Gasteiger partial charge in [-0.05, 0) is 34.7 Å². The zero-order chi connectivity index (χ0) is 12.6. The Balaban J connectivity index is 2.23. The van der Waals surface area contributed by atoms with Gasteiger partial charge < -0.3 is 5.32 Å². The monoisotopic (exact) mass is 236 g/mol. The van der Waals surface area contributed by atoms with Crippen LogP contribution in [-0.4, -0.2) is 40.9 Å². The molecular formula is C13H24N4. The Hall–Kier alpha value is -0.870. The van der Waals surface area contributed by atoms with Crippen molar-refractivity contribution in [1.29, 1.82) is 0 Å². The molecule has 0 aromatic carbocycles. The van der Waals surface area contributed by atoms with Crippen LogP contribution in [0.25, 0.3) is 0 Å². The van der Waals surface area contributed by atoms with E-state index < -0.39 is 0 Å². The van der Waals surface area contributed by atoms with Crippen molar-refractivity contribution in [2.45, 2.75) is 46.3 Å². The number of nitrogens with zero attached hydrogens (tertiary/aromatic N) is 3. The van der Waals surface area contributed by atoms with Crippen LogP contribution in [0.15, 0.2) is 0 Å². The summed E-state index contributed by atoms with van der Waals surface area (Å²) in [7, 11) is 2.22. The van der Waals surface area contributed by atoms with Gasteiger partial charge in [0.15, 0.2) is 0 Å². The maximum absolute atomic E-state index is 4.61. The molecule has 0 spiro atoms. The predicted octanol–water partition coefficient (Wildman–Crippen LogP) is 1.48. The van der Waals surface area contributed by atoms with E-state index in [4.69, 9.17) is 0 Å². The van der Waals surface area contributed by atoms with Gasteiger partial charge >= 0.3 is 0 Å². The largest absolute Gasteiger partial charge is 0.314 e. The van der Waals surface area contributed by atoms with Crippen LogP contribution in [0.1, 0.15) is 36.8 Å². The summed E-state index contributed by atoms with van der Waals surface area (Å²) < 4.78 is 2.11. The highest BCUT2D eigenvalue weighted by Gasteiger charge is 2.28. The lowest BCUT2D eigenvalue weighted by Crippen LogP contribution is -2.56. The molecule has 0 saturated carbocycles. The molecule has 1 aromatic rings. The van der Waals surface area contributed by atoms with Crippen LogP contribution >= 0.6 is 0 Å². The van der Waals surface area contributed by atoms with Crippen LogP contribution in [0, 0.1) is 13.8 Å². The molecule has 1 saturated heterocycles. The molecule has 1 fully saturated rings. The molecule has 96 valence electrons. The van der Waals surface area contributed by atoms with Crippen molar-refractivity contribution in [1.82, 2.24) is 20.0 Å². The van der Waals surface area contributed by atoms with Gasteiger partial charge in [-0.2, -0.15) is 5.10 Å². The minimum absolute atomic E-state index is 0.447. The fraction of sp³-hybridized carbons (Fsp3) is 0.769. The van der Waals surface area contributed by atoms with Gasteiger partial charge in [-0.1, -0.05) is 0 Å². The van der Waals surface area contributed by atoms with Gasteiger partial charge in [0.2, 0.25) is 0 Å². The fourth-order valence-corrected chi connectivity index (χ4v) is 2.70. The minimum Gasteiger partial charge on any atom is -0.314 e. The Morgan fingerprint density at radius 2 is 2.12 bits per heavy atom. The van der Waals surface area contributed by atoms with Crippen LogP contribution in [0.2, 0.25) is 0 Å². The van der Waals surface area contributed by atoms with Crippen molar-refractivity contribution < 1.29 is 0 Å². The van der Waals surface area contributed by atoms with Gasteiger partial charge in [-0.3, -0.25) is 9.58 Å². The number of rotatable bonds is 4. The second-order valence-corrected chi connectivity index (χ2v) is 5.05. The van der Waals surface area contributed by atoms with Crippen molar-refractivity contribution in [3.05, 3.63) is 17.0 Å². The highest BCUT2D eigenvalue weighted by molar-refractivity contribution is 5.28. The van der Waals surface area contributed by atoms with Gasteiger partial charge in [-0.15, -0.1) is 0 Å². The van der Waals surface area contributed by atoms with Gasteiger partial charge in [-0.25, -0.2) is 0 Å². The molecule has 0 aliphatic carbocycles. The summed E-state index contributed by atoms with van der Waals surface area (Å²) in [4.78, 5) is 2.47. The Morgan fingerprint density at radius 1 is 1.47 bits per heavy atom. The van der Waals surface area contributed by atoms with Crippen molar-refractivity contribution in [2.75, 3.05) is 20.1 Å². The molecule has 17 heavy (non-hydrogen) atoms. The third-order valence-corrected chi connectivity index (χ3v) is 4.10. The van der Waals surface area contributed by atoms with Gasteiger partial charge in [0.05, 0.1) is 5.69 Å². The Labute approximate surface area is 104 Å². The molecule has 1 atom stereocenters. The SMILES string of the molecule is CCn1nc(C)c(C(C)N(C)C2CNC2)c1C. The molecule has 4 nitrogen and oxygen atoms in total. The second kappa shape index (κ2) is 4.78. The molecule has 1 aromatic heterocycles. The zero-order valence-corrected chi connectivity index (χ0v) is 11.6. The van der Waals surface area contributed by atoms with Gasteiger partial charge in [0, 0.05) is 43.0 Å². The van der Waals surface area contributed by atoms with E-state index in [2.05, 4.69) is 54.7 Å². The van der Waals surface area contributed by atoms with Crippen LogP contribution in [0.3, 0.4) is 0 Å². The molecule has 1 N–H and O–H groups in total. The molecule has 1 aliphatic rings. The second-order valence-electron chi connectivity index (χ2n) is 5.05. The molecule has 1 unspecified atom stereocenters. The summed E-state index contributed by atoms with van der Waals surface area (Å²) in [5, 5.41) is 7.94. The average molecular weight is 236 g/mol. The molecule has 1 aliphatic heterocycles. The molecular weight excluding hydrogens is 212 g/mol. The van der Waals surface area contributed by atoms with E-state index >= 15 is 0 Å². The summed E-state index contributed by atoms with van der Waals surface area (Å²) in [6.07, 6.45) is 0. The number of hydrogen-bond acceptors (Lipinski definition) is 3. The molecule has 0 bridgehead atoms. The molecule has 4 heteroatoms. The van der Waals surface area contributed by atoms with E-state index in [0.717, 1.165) is 19.6 Å². The predicted molar refractivity (Wildman–Crippen MR) is 70.2 cm³/mol. The lowest BCUT2D eigenvalue weighted by atomic mass is 10.0. The van der Waals surface area contributed by atoms with Gasteiger partial charge in [0.25, 0.3) is 0 Å². The summed E-state index contributed by atoms with van der Waals surface area (Å²) in [5.74, 6) is 0. The van der Waals surface area contributed by atoms with Crippen molar-refractivity contribution >= 4 is 0 Å². The maximum atomic E-state index is 4.61. The quantitative estimate of drug-likeness (QED) is 0.859. The first-order chi connectivity index (χ1) is 8.06. The number of aromatic nitrogens is 2. The van der Waals surface area contributed by atoms with E-state index in [1.807, 2.05) is 0 Å². The molecule has 0 amide bonds. The normalized spacial score (nSPS) is 18.5. The number of likely N-dealkylation sites (N-methyl/N-ethyl adjacent to an activating group) is 1. The summed E-state index contributed by atoms with van der Waals surface area (Å²) in [5.41, 5.74) is 3.90. The average Bonchev–Trinajstić information content (AvgIpc) is 2.50. The number of aryl methyl sites for hydroxylation is 2. The van der Waals surface area contributed by atoms with Gasteiger partial charge in [0.1, 0.15) is 0 Å². The third-order valence-electron chi connectivity index (χ3n) is 4.10. The minimum atomic E-state index is 0.447. The standard InChI is InChI=1S/C13H24N4/c1-6-17-11(4)13(9(2)15-17)10(3)16(5)12-7-14-8-12/h10,12,14H,6-8H2,1-5H3.